The van der Waals surface area contributed by atoms with Crippen molar-refractivity contribution in [3.8, 4) is 0 Å². The summed E-state index contributed by atoms with van der Waals surface area (Å²) in [6.45, 7) is 7.35. The molecule has 0 aromatic rings. The molecule has 0 radical (unpaired) electrons. The highest BCUT2D eigenvalue weighted by Crippen LogP contribution is 2.23. The van der Waals surface area contributed by atoms with Gasteiger partial charge in [0.1, 0.15) is 17.8 Å². The third-order valence-electron chi connectivity index (χ3n) is 2.13. The Morgan fingerprint density at radius 2 is 2.06 bits per heavy atom. The van der Waals surface area contributed by atoms with Gasteiger partial charge in [0.2, 0.25) is 0 Å². The Bertz CT molecular complexity index is 333. The van der Waals surface area contributed by atoms with E-state index >= 15 is 0 Å². The first kappa shape index (κ1) is 12.7. The molecule has 0 saturated heterocycles. The second kappa shape index (κ2) is 4.68. The van der Waals surface area contributed by atoms with E-state index < -0.39 is 5.60 Å². The van der Waals surface area contributed by atoms with Crippen LogP contribution in [0, 0.1) is 0 Å². The zero-order chi connectivity index (χ0) is 12.3. The summed E-state index contributed by atoms with van der Waals surface area (Å²) in [4.78, 5) is 22.9. The van der Waals surface area contributed by atoms with Gasteiger partial charge in [0.15, 0.2) is 12.4 Å². The fraction of sp³-hybridized carbons (Fsp3) is 0.667. The Hall–Kier alpha value is -1.32. The van der Waals surface area contributed by atoms with Gasteiger partial charge in [0.05, 0.1) is 0 Å². The van der Waals surface area contributed by atoms with Crippen molar-refractivity contribution in [2.24, 2.45) is 0 Å². The maximum atomic E-state index is 11.5. The molecule has 0 atom stereocenters. The van der Waals surface area contributed by atoms with Gasteiger partial charge in [0, 0.05) is 5.57 Å². The highest BCUT2D eigenvalue weighted by atomic mass is 16.6. The van der Waals surface area contributed by atoms with E-state index in [-0.39, 0.29) is 24.8 Å². The molecule has 0 amide bonds. The van der Waals surface area contributed by atoms with Gasteiger partial charge in [-0.25, -0.2) is 0 Å². The lowest BCUT2D eigenvalue weighted by molar-refractivity contribution is -0.154. The average Bonchev–Trinajstić information content (AvgIpc) is 2.43. The first-order chi connectivity index (χ1) is 7.33. The number of carbonyl (C=O) groups excluding carboxylic acids is 2. The summed E-state index contributed by atoms with van der Waals surface area (Å²) >= 11 is 0. The van der Waals surface area contributed by atoms with Crippen molar-refractivity contribution in [2.45, 2.75) is 46.1 Å². The number of rotatable bonds is 3. The van der Waals surface area contributed by atoms with Gasteiger partial charge < -0.3 is 9.47 Å². The first-order valence-electron chi connectivity index (χ1n) is 5.43. The van der Waals surface area contributed by atoms with Crippen LogP contribution in [0.4, 0.5) is 0 Å². The molecule has 0 aliphatic carbocycles. The van der Waals surface area contributed by atoms with Gasteiger partial charge >= 0.3 is 5.97 Å². The monoisotopic (exact) mass is 226 g/mol. The van der Waals surface area contributed by atoms with Crippen LogP contribution in [0.25, 0.3) is 0 Å². The number of Topliss-reactive ketones (excluding diaryl/α,β-unsaturated/α-hetero) is 1. The lowest BCUT2D eigenvalue weighted by Crippen LogP contribution is -2.24. The Balaban J connectivity index is 2.64. The summed E-state index contributed by atoms with van der Waals surface area (Å²) in [7, 11) is 0. The van der Waals surface area contributed by atoms with Crippen molar-refractivity contribution in [1.29, 1.82) is 0 Å². The van der Waals surface area contributed by atoms with Crippen molar-refractivity contribution < 1.29 is 19.1 Å². The van der Waals surface area contributed by atoms with E-state index in [0.29, 0.717) is 17.8 Å². The molecule has 0 N–H and O–H groups in total. The van der Waals surface area contributed by atoms with Crippen molar-refractivity contribution in [3.05, 3.63) is 11.3 Å². The first-order valence-corrected chi connectivity index (χ1v) is 5.43. The Morgan fingerprint density at radius 3 is 2.56 bits per heavy atom. The van der Waals surface area contributed by atoms with Crippen LogP contribution in [0.5, 0.6) is 0 Å². The quantitative estimate of drug-likeness (QED) is 0.690. The molecule has 0 unspecified atom stereocenters. The molecule has 1 aliphatic rings. The molecule has 0 aromatic heterocycles. The van der Waals surface area contributed by atoms with Crippen LogP contribution in [0.1, 0.15) is 40.5 Å². The van der Waals surface area contributed by atoms with Gasteiger partial charge in [0.25, 0.3) is 0 Å². The van der Waals surface area contributed by atoms with Gasteiger partial charge in [-0.05, 0) is 27.2 Å². The summed E-state index contributed by atoms with van der Waals surface area (Å²) in [5, 5.41) is 0. The fourth-order valence-corrected chi connectivity index (χ4v) is 1.54. The Kier molecular flexibility index (Phi) is 3.73. The van der Waals surface area contributed by atoms with Gasteiger partial charge in [-0.2, -0.15) is 0 Å². The van der Waals surface area contributed by atoms with Crippen molar-refractivity contribution in [1.82, 2.24) is 0 Å². The Labute approximate surface area is 95.6 Å². The van der Waals surface area contributed by atoms with Crippen LogP contribution in [0.3, 0.4) is 0 Å². The van der Waals surface area contributed by atoms with Crippen LogP contribution in [-0.2, 0) is 19.1 Å². The van der Waals surface area contributed by atoms with Gasteiger partial charge in [-0.3, -0.25) is 9.59 Å². The minimum Gasteiger partial charge on any atom is -0.489 e. The predicted molar refractivity (Wildman–Crippen MR) is 58.7 cm³/mol. The molecule has 1 aliphatic heterocycles. The molecule has 4 nitrogen and oxygen atoms in total. The van der Waals surface area contributed by atoms with Crippen LogP contribution < -0.4 is 0 Å². The second-order valence-electron chi connectivity index (χ2n) is 4.73. The van der Waals surface area contributed by atoms with Crippen molar-refractivity contribution in [3.63, 3.8) is 0 Å². The van der Waals surface area contributed by atoms with Gasteiger partial charge in [-0.15, -0.1) is 0 Å². The number of carbonyl (C=O) groups is 2. The third kappa shape index (κ3) is 3.36. The van der Waals surface area contributed by atoms with Gasteiger partial charge in [-0.1, -0.05) is 6.92 Å². The molecule has 1 rings (SSSR count). The summed E-state index contributed by atoms with van der Waals surface area (Å²) in [5.41, 5.74) is 0.109. The second-order valence-corrected chi connectivity index (χ2v) is 4.73. The van der Waals surface area contributed by atoms with E-state index in [2.05, 4.69) is 0 Å². The van der Waals surface area contributed by atoms with E-state index in [1.54, 1.807) is 20.8 Å². The largest absolute Gasteiger partial charge is 0.489 e. The standard InChI is InChI=1S/C12H18O4/c1-5-8-9(13)7-15-10(8)6-11(14)16-12(2,3)4/h5-7H2,1-4H3. The van der Waals surface area contributed by atoms with E-state index in [4.69, 9.17) is 9.47 Å². The summed E-state index contributed by atoms with van der Waals surface area (Å²) in [5.74, 6) is 0.0889. The fourth-order valence-electron chi connectivity index (χ4n) is 1.54. The minimum absolute atomic E-state index is 0.0268. The molecule has 0 bridgehead atoms. The molecule has 0 aromatic carbocycles. The van der Waals surface area contributed by atoms with E-state index in [1.165, 1.54) is 0 Å². The Morgan fingerprint density at radius 1 is 1.44 bits per heavy atom. The number of esters is 1. The topological polar surface area (TPSA) is 52.6 Å². The van der Waals surface area contributed by atoms with Crippen molar-refractivity contribution >= 4 is 11.8 Å². The molecule has 16 heavy (non-hydrogen) atoms. The number of hydrogen-bond donors (Lipinski definition) is 0. The lowest BCUT2D eigenvalue weighted by Gasteiger charge is -2.19. The molecular formula is C12H18O4. The molecular weight excluding hydrogens is 208 g/mol. The van der Waals surface area contributed by atoms with Crippen molar-refractivity contribution in [2.75, 3.05) is 6.61 Å². The van der Waals surface area contributed by atoms with Crippen LogP contribution in [0.2, 0.25) is 0 Å². The third-order valence-corrected chi connectivity index (χ3v) is 2.13. The highest BCUT2D eigenvalue weighted by molar-refractivity contribution is 5.99. The lowest BCUT2D eigenvalue weighted by atomic mass is 10.1. The smallest absolute Gasteiger partial charge is 0.313 e. The molecule has 0 saturated carbocycles. The molecule has 1 heterocycles. The highest BCUT2D eigenvalue weighted by Gasteiger charge is 2.26. The summed E-state index contributed by atoms with van der Waals surface area (Å²) < 4.78 is 10.3. The van der Waals surface area contributed by atoms with Crippen LogP contribution >= 0.6 is 0 Å². The van der Waals surface area contributed by atoms with Crippen LogP contribution in [0.15, 0.2) is 11.3 Å². The summed E-state index contributed by atoms with van der Waals surface area (Å²) in [6.07, 6.45) is 0.642. The number of ether oxygens (including phenoxy) is 2. The number of hydrogen-bond acceptors (Lipinski definition) is 4. The molecule has 4 heteroatoms. The van der Waals surface area contributed by atoms with Crippen LogP contribution in [-0.4, -0.2) is 24.0 Å². The van der Waals surface area contributed by atoms with E-state index in [1.807, 2.05) is 6.92 Å². The van der Waals surface area contributed by atoms with E-state index in [9.17, 15) is 9.59 Å². The minimum atomic E-state index is -0.507. The molecule has 0 spiro atoms. The molecule has 90 valence electrons. The zero-order valence-electron chi connectivity index (χ0n) is 10.3. The normalized spacial score (nSPS) is 16.4. The number of ketones is 1. The maximum Gasteiger partial charge on any atom is 0.313 e. The predicted octanol–water partition coefficient (Wildman–Crippen LogP) is 1.98. The zero-order valence-corrected chi connectivity index (χ0v) is 10.3. The molecule has 0 fully saturated rings. The average molecular weight is 226 g/mol. The summed E-state index contributed by atoms with van der Waals surface area (Å²) in [6, 6.07) is 0. The maximum absolute atomic E-state index is 11.5. The SMILES string of the molecule is CCC1=C(CC(=O)OC(C)(C)C)OCC1=O. The van der Waals surface area contributed by atoms with E-state index in [0.717, 1.165) is 0 Å².